The molecule has 0 unspecified atom stereocenters. The lowest BCUT2D eigenvalue weighted by atomic mass is 9.70. The molecule has 0 aromatic heterocycles. The smallest absolute Gasteiger partial charge is 0.227 e. The molecule has 0 aliphatic heterocycles. The van der Waals surface area contributed by atoms with Crippen molar-refractivity contribution in [1.29, 1.82) is 0 Å². The van der Waals surface area contributed by atoms with Crippen LogP contribution in [0.15, 0.2) is 0 Å². The molecule has 1 saturated carbocycles. The molecule has 1 amide bonds. The van der Waals surface area contributed by atoms with E-state index in [9.17, 15) is 13.2 Å². The number of carbonyl (C=O) groups is 1. The maximum Gasteiger partial charge on any atom is 0.227 e. The van der Waals surface area contributed by atoms with Crippen LogP contribution in [0.4, 0.5) is 0 Å². The largest absolute Gasteiger partial charge is 0.355 e. The zero-order valence-electron chi connectivity index (χ0n) is 11.2. The summed E-state index contributed by atoms with van der Waals surface area (Å²) in [6.07, 6.45) is 4.79. The van der Waals surface area contributed by atoms with Gasteiger partial charge in [0.25, 0.3) is 0 Å². The third kappa shape index (κ3) is 4.24. The van der Waals surface area contributed by atoms with E-state index in [0.29, 0.717) is 12.5 Å². The molecule has 1 fully saturated rings. The highest BCUT2D eigenvalue weighted by Crippen LogP contribution is 2.38. The van der Waals surface area contributed by atoms with Gasteiger partial charge in [-0.2, -0.15) is 0 Å². The molecule has 0 aromatic rings. The minimum Gasteiger partial charge on any atom is -0.355 e. The Bertz CT molecular complexity index is 384. The summed E-state index contributed by atoms with van der Waals surface area (Å²) in [4.78, 5) is 12.2. The Morgan fingerprint density at radius 1 is 1.39 bits per heavy atom. The van der Waals surface area contributed by atoms with Crippen molar-refractivity contribution in [3.63, 3.8) is 0 Å². The van der Waals surface area contributed by atoms with E-state index in [1.165, 1.54) is 6.26 Å². The van der Waals surface area contributed by atoms with Crippen LogP contribution in [0.25, 0.3) is 0 Å². The standard InChI is InChI=1S/C12H24N2O3S/c1-10-3-5-12(9-13,6-4-10)11(15)14-7-8-18(2,16)17/h10H,3-9,13H2,1-2H3,(H,14,15). The van der Waals surface area contributed by atoms with Gasteiger partial charge < -0.3 is 11.1 Å². The number of carbonyl (C=O) groups excluding carboxylic acids is 1. The summed E-state index contributed by atoms with van der Waals surface area (Å²) in [5.41, 5.74) is 5.28. The first kappa shape index (κ1) is 15.4. The predicted molar refractivity (Wildman–Crippen MR) is 71.8 cm³/mol. The summed E-state index contributed by atoms with van der Waals surface area (Å²) in [6, 6.07) is 0. The van der Waals surface area contributed by atoms with Crippen molar-refractivity contribution in [2.24, 2.45) is 17.1 Å². The zero-order valence-corrected chi connectivity index (χ0v) is 12.1. The lowest BCUT2D eigenvalue weighted by molar-refractivity contribution is -0.132. The number of hydrogen-bond acceptors (Lipinski definition) is 4. The average molecular weight is 276 g/mol. The van der Waals surface area contributed by atoms with Crippen LogP contribution in [0.2, 0.25) is 0 Å². The average Bonchev–Trinajstić information content (AvgIpc) is 2.28. The highest BCUT2D eigenvalue weighted by atomic mass is 32.2. The maximum atomic E-state index is 12.2. The molecule has 0 aromatic carbocycles. The lowest BCUT2D eigenvalue weighted by Crippen LogP contribution is -2.48. The van der Waals surface area contributed by atoms with E-state index < -0.39 is 15.3 Å². The van der Waals surface area contributed by atoms with Gasteiger partial charge in [-0.05, 0) is 31.6 Å². The fraction of sp³-hybridized carbons (Fsp3) is 0.917. The van der Waals surface area contributed by atoms with Gasteiger partial charge in [-0.1, -0.05) is 6.92 Å². The predicted octanol–water partition coefficient (Wildman–Crippen LogP) is 0.302. The number of nitrogens with one attached hydrogen (secondary N) is 1. The molecule has 0 atom stereocenters. The molecular weight excluding hydrogens is 252 g/mol. The number of amides is 1. The van der Waals surface area contributed by atoms with Crippen LogP contribution >= 0.6 is 0 Å². The van der Waals surface area contributed by atoms with Crippen molar-refractivity contribution in [3.05, 3.63) is 0 Å². The summed E-state index contributed by atoms with van der Waals surface area (Å²) in [5.74, 6) is 0.546. The summed E-state index contributed by atoms with van der Waals surface area (Å²) < 4.78 is 22.0. The van der Waals surface area contributed by atoms with Gasteiger partial charge in [0, 0.05) is 19.3 Å². The quantitative estimate of drug-likeness (QED) is 0.756. The minimum absolute atomic E-state index is 0.0181. The molecule has 1 aliphatic carbocycles. The van der Waals surface area contributed by atoms with Gasteiger partial charge in [-0.15, -0.1) is 0 Å². The van der Waals surface area contributed by atoms with Crippen LogP contribution in [0.3, 0.4) is 0 Å². The third-order valence-corrected chi connectivity index (χ3v) is 4.81. The van der Waals surface area contributed by atoms with Crippen molar-refractivity contribution < 1.29 is 13.2 Å². The van der Waals surface area contributed by atoms with Crippen LogP contribution in [-0.4, -0.2) is 39.4 Å². The fourth-order valence-electron chi connectivity index (χ4n) is 2.38. The summed E-state index contributed by atoms with van der Waals surface area (Å²) in [6.45, 7) is 2.70. The number of hydrogen-bond donors (Lipinski definition) is 2. The van der Waals surface area contributed by atoms with Crippen LogP contribution in [0.1, 0.15) is 32.6 Å². The van der Waals surface area contributed by atoms with E-state index in [4.69, 9.17) is 5.73 Å². The monoisotopic (exact) mass is 276 g/mol. The second-order valence-electron chi connectivity index (χ2n) is 5.55. The molecule has 0 bridgehead atoms. The first-order valence-electron chi connectivity index (χ1n) is 6.45. The molecule has 6 heteroatoms. The van der Waals surface area contributed by atoms with E-state index in [2.05, 4.69) is 12.2 Å². The van der Waals surface area contributed by atoms with E-state index in [0.717, 1.165) is 25.7 Å². The van der Waals surface area contributed by atoms with Crippen molar-refractivity contribution >= 4 is 15.7 Å². The SMILES string of the molecule is CC1CCC(CN)(C(=O)NCCS(C)(=O)=O)CC1. The van der Waals surface area contributed by atoms with Crippen molar-refractivity contribution in [2.45, 2.75) is 32.6 Å². The molecule has 0 spiro atoms. The Morgan fingerprint density at radius 3 is 2.39 bits per heavy atom. The number of rotatable bonds is 5. The Kier molecular flexibility index (Phi) is 5.16. The summed E-state index contributed by atoms with van der Waals surface area (Å²) in [5, 5.41) is 2.72. The molecule has 18 heavy (non-hydrogen) atoms. The first-order valence-corrected chi connectivity index (χ1v) is 8.51. The van der Waals surface area contributed by atoms with Gasteiger partial charge in [0.15, 0.2) is 0 Å². The fourth-order valence-corrected chi connectivity index (χ4v) is 2.85. The second kappa shape index (κ2) is 6.02. The van der Waals surface area contributed by atoms with Gasteiger partial charge in [0.1, 0.15) is 9.84 Å². The Morgan fingerprint density at radius 2 is 1.94 bits per heavy atom. The summed E-state index contributed by atoms with van der Waals surface area (Å²) >= 11 is 0. The van der Waals surface area contributed by atoms with Crippen molar-refractivity contribution in [3.8, 4) is 0 Å². The first-order chi connectivity index (χ1) is 8.29. The van der Waals surface area contributed by atoms with E-state index >= 15 is 0 Å². The molecule has 0 radical (unpaired) electrons. The minimum atomic E-state index is -3.03. The molecule has 1 rings (SSSR count). The van der Waals surface area contributed by atoms with Crippen molar-refractivity contribution in [2.75, 3.05) is 25.1 Å². The van der Waals surface area contributed by atoms with Gasteiger partial charge in [-0.25, -0.2) is 8.42 Å². The molecular formula is C12H24N2O3S. The van der Waals surface area contributed by atoms with E-state index in [1.807, 2.05) is 0 Å². The normalized spacial score (nSPS) is 28.9. The summed E-state index contributed by atoms with van der Waals surface area (Å²) in [7, 11) is -3.03. The molecule has 3 N–H and O–H groups in total. The zero-order chi connectivity index (χ0) is 13.8. The van der Waals surface area contributed by atoms with Crippen LogP contribution in [-0.2, 0) is 14.6 Å². The highest BCUT2D eigenvalue weighted by Gasteiger charge is 2.39. The molecule has 5 nitrogen and oxygen atoms in total. The molecule has 0 saturated heterocycles. The van der Waals surface area contributed by atoms with Gasteiger partial charge in [0.2, 0.25) is 5.91 Å². The highest BCUT2D eigenvalue weighted by molar-refractivity contribution is 7.90. The molecule has 1 aliphatic rings. The van der Waals surface area contributed by atoms with Gasteiger partial charge in [-0.3, -0.25) is 4.79 Å². The van der Waals surface area contributed by atoms with Gasteiger partial charge in [0.05, 0.1) is 11.2 Å². The second-order valence-corrected chi connectivity index (χ2v) is 7.81. The van der Waals surface area contributed by atoms with Crippen molar-refractivity contribution in [1.82, 2.24) is 5.32 Å². The lowest BCUT2D eigenvalue weighted by Gasteiger charge is -2.37. The molecule has 0 heterocycles. The third-order valence-electron chi connectivity index (χ3n) is 3.86. The van der Waals surface area contributed by atoms with E-state index in [-0.39, 0.29) is 18.2 Å². The number of nitrogens with two attached hydrogens (primary N) is 1. The Hall–Kier alpha value is -0.620. The van der Waals surface area contributed by atoms with Gasteiger partial charge >= 0.3 is 0 Å². The Labute approximate surface area is 109 Å². The topological polar surface area (TPSA) is 89.3 Å². The Balaban J connectivity index is 2.52. The van der Waals surface area contributed by atoms with Crippen LogP contribution < -0.4 is 11.1 Å². The van der Waals surface area contributed by atoms with E-state index in [1.54, 1.807) is 0 Å². The maximum absolute atomic E-state index is 12.2. The van der Waals surface area contributed by atoms with Crippen LogP contribution in [0, 0.1) is 11.3 Å². The molecule has 106 valence electrons. The van der Waals surface area contributed by atoms with Crippen LogP contribution in [0.5, 0.6) is 0 Å². The number of sulfone groups is 1.